The smallest absolute Gasteiger partial charge is 0.169 e. The van der Waals surface area contributed by atoms with E-state index < -0.39 is 15.2 Å². The average Bonchev–Trinajstić information content (AvgIpc) is 2.46. The maximum absolute atomic E-state index is 12.0. The van der Waals surface area contributed by atoms with Gasteiger partial charge in [0.1, 0.15) is 22.8 Å². The van der Waals surface area contributed by atoms with Gasteiger partial charge in [-0.05, 0) is 6.42 Å². The molecule has 1 saturated heterocycles. The Morgan fingerprint density at radius 1 is 1.48 bits per heavy atom. The van der Waals surface area contributed by atoms with E-state index in [4.69, 9.17) is 0 Å². The van der Waals surface area contributed by atoms with Gasteiger partial charge in [0.15, 0.2) is 9.84 Å². The van der Waals surface area contributed by atoms with Crippen molar-refractivity contribution >= 4 is 33.2 Å². The zero-order valence-electron chi connectivity index (χ0n) is 12.7. The minimum atomic E-state index is -3.14. The van der Waals surface area contributed by atoms with Crippen molar-refractivity contribution in [2.45, 2.75) is 25.1 Å². The van der Waals surface area contributed by atoms with Crippen LogP contribution in [0.2, 0.25) is 0 Å². The summed E-state index contributed by atoms with van der Waals surface area (Å²) in [7, 11) is -1.34. The Hall–Kier alpha value is -1.02. The lowest BCUT2D eigenvalue weighted by atomic mass is 10.3. The van der Waals surface area contributed by atoms with E-state index in [0.717, 1.165) is 30.2 Å². The third-order valence-electron chi connectivity index (χ3n) is 3.36. The Morgan fingerprint density at radius 2 is 2.24 bits per heavy atom. The standard InChI is InChI=1S/C13H22N4O2S2/c1-4-5-10-15-11(14-2)8-12(16-10)17-6-7-20-9-13(17)21(3,18)19/h8,13H,4-7,9H2,1-3H3,(H,14,15,16). The van der Waals surface area contributed by atoms with Crippen LogP contribution in [0, 0.1) is 0 Å². The van der Waals surface area contributed by atoms with Crippen LogP contribution in [0.15, 0.2) is 6.07 Å². The number of nitrogens with one attached hydrogen (secondary N) is 1. The molecule has 0 saturated carbocycles. The highest BCUT2D eigenvalue weighted by molar-refractivity contribution is 8.01. The van der Waals surface area contributed by atoms with Gasteiger partial charge in [0.25, 0.3) is 0 Å². The Kier molecular flexibility index (Phi) is 5.32. The lowest BCUT2D eigenvalue weighted by molar-refractivity contribution is 0.583. The quantitative estimate of drug-likeness (QED) is 0.874. The number of nitrogens with zero attached hydrogens (tertiary/aromatic N) is 3. The fraction of sp³-hybridized carbons (Fsp3) is 0.692. The third-order valence-corrected chi connectivity index (χ3v) is 6.01. The summed E-state index contributed by atoms with van der Waals surface area (Å²) in [6.45, 7) is 2.76. The van der Waals surface area contributed by atoms with Crippen molar-refractivity contribution < 1.29 is 8.42 Å². The molecule has 6 nitrogen and oxygen atoms in total. The van der Waals surface area contributed by atoms with Crippen LogP contribution in [0.25, 0.3) is 0 Å². The fourth-order valence-corrected chi connectivity index (χ4v) is 5.12. The highest BCUT2D eigenvalue weighted by atomic mass is 32.2. The van der Waals surface area contributed by atoms with Crippen molar-refractivity contribution in [1.82, 2.24) is 9.97 Å². The molecule has 1 unspecified atom stereocenters. The number of aryl methyl sites for hydroxylation is 1. The van der Waals surface area contributed by atoms with E-state index in [1.54, 1.807) is 11.8 Å². The second-order valence-electron chi connectivity index (χ2n) is 5.08. The molecule has 1 N–H and O–H groups in total. The van der Waals surface area contributed by atoms with E-state index in [9.17, 15) is 8.42 Å². The predicted molar refractivity (Wildman–Crippen MR) is 88.9 cm³/mol. The van der Waals surface area contributed by atoms with Gasteiger partial charge in [-0.1, -0.05) is 6.92 Å². The number of sulfone groups is 1. The van der Waals surface area contributed by atoms with Crippen molar-refractivity contribution in [3.05, 3.63) is 11.9 Å². The van der Waals surface area contributed by atoms with E-state index in [-0.39, 0.29) is 0 Å². The third kappa shape index (κ3) is 4.00. The van der Waals surface area contributed by atoms with E-state index in [0.29, 0.717) is 18.1 Å². The summed E-state index contributed by atoms with van der Waals surface area (Å²) in [4.78, 5) is 10.9. The summed E-state index contributed by atoms with van der Waals surface area (Å²) in [5.41, 5.74) is 0. The maximum atomic E-state index is 12.0. The molecule has 1 aromatic rings. The SMILES string of the molecule is CCCc1nc(NC)cc(N2CCSCC2S(C)(=O)=O)n1. The molecule has 2 heterocycles. The zero-order valence-corrected chi connectivity index (χ0v) is 14.3. The Morgan fingerprint density at radius 3 is 2.86 bits per heavy atom. The zero-order chi connectivity index (χ0) is 15.5. The van der Waals surface area contributed by atoms with E-state index in [2.05, 4.69) is 22.2 Å². The van der Waals surface area contributed by atoms with E-state index >= 15 is 0 Å². The number of hydrogen-bond donors (Lipinski definition) is 1. The minimum Gasteiger partial charge on any atom is -0.373 e. The summed E-state index contributed by atoms with van der Waals surface area (Å²) in [6.07, 6.45) is 3.04. The van der Waals surface area contributed by atoms with Gasteiger partial charge in [-0.15, -0.1) is 0 Å². The molecule has 0 spiro atoms. The molecule has 0 amide bonds. The van der Waals surface area contributed by atoms with Gasteiger partial charge in [-0.2, -0.15) is 11.8 Å². The van der Waals surface area contributed by atoms with Crippen LogP contribution >= 0.6 is 11.8 Å². The van der Waals surface area contributed by atoms with Crippen LogP contribution in [0.3, 0.4) is 0 Å². The number of aromatic nitrogens is 2. The Labute approximate surface area is 130 Å². The summed E-state index contributed by atoms with van der Waals surface area (Å²) >= 11 is 1.67. The monoisotopic (exact) mass is 330 g/mol. The van der Waals surface area contributed by atoms with Crippen LogP contribution in [-0.2, 0) is 16.3 Å². The van der Waals surface area contributed by atoms with Gasteiger partial charge < -0.3 is 10.2 Å². The molecule has 0 aliphatic carbocycles. The van der Waals surface area contributed by atoms with E-state index in [1.807, 2.05) is 18.0 Å². The van der Waals surface area contributed by atoms with Crippen LogP contribution in [0.5, 0.6) is 0 Å². The van der Waals surface area contributed by atoms with Gasteiger partial charge in [-0.25, -0.2) is 18.4 Å². The highest BCUT2D eigenvalue weighted by Gasteiger charge is 2.32. The second-order valence-corrected chi connectivity index (χ2v) is 8.43. The molecule has 1 aromatic heterocycles. The fourth-order valence-electron chi connectivity index (χ4n) is 2.29. The van der Waals surface area contributed by atoms with E-state index in [1.165, 1.54) is 6.26 Å². The van der Waals surface area contributed by atoms with Crippen molar-refractivity contribution in [2.24, 2.45) is 0 Å². The van der Waals surface area contributed by atoms with Gasteiger partial charge >= 0.3 is 0 Å². The lowest BCUT2D eigenvalue weighted by Gasteiger charge is -2.35. The molecule has 118 valence electrons. The first-order valence-corrected chi connectivity index (χ1v) is 10.2. The Balaban J connectivity index is 2.40. The lowest BCUT2D eigenvalue weighted by Crippen LogP contribution is -2.47. The molecule has 1 atom stereocenters. The molecular weight excluding hydrogens is 308 g/mol. The van der Waals surface area contributed by atoms with Crippen LogP contribution in [0.4, 0.5) is 11.6 Å². The summed E-state index contributed by atoms with van der Waals surface area (Å²) < 4.78 is 24.0. The van der Waals surface area contributed by atoms with Crippen molar-refractivity contribution in [1.29, 1.82) is 0 Å². The maximum Gasteiger partial charge on any atom is 0.169 e. The van der Waals surface area contributed by atoms with Crippen LogP contribution in [0.1, 0.15) is 19.2 Å². The van der Waals surface area contributed by atoms with Gasteiger partial charge in [0.2, 0.25) is 0 Å². The molecule has 1 aliphatic rings. The van der Waals surface area contributed by atoms with Crippen molar-refractivity contribution in [3.63, 3.8) is 0 Å². The summed E-state index contributed by atoms with van der Waals surface area (Å²) in [5.74, 6) is 3.68. The van der Waals surface area contributed by atoms with Gasteiger partial charge in [0, 0.05) is 43.8 Å². The summed E-state index contributed by atoms with van der Waals surface area (Å²) in [6, 6.07) is 1.83. The second kappa shape index (κ2) is 6.83. The highest BCUT2D eigenvalue weighted by Crippen LogP contribution is 2.26. The molecule has 0 bridgehead atoms. The minimum absolute atomic E-state index is 0.509. The van der Waals surface area contributed by atoms with Crippen LogP contribution in [-0.4, -0.2) is 55.1 Å². The number of thioether (sulfide) groups is 1. The molecule has 21 heavy (non-hydrogen) atoms. The molecule has 0 radical (unpaired) electrons. The number of rotatable bonds is 5. The first-order valence-electron chi connectivity index (χ1n) is 7.04. The molecule has 0 aromatic carbocycles. The largest absolute Gasteiger partial charge is 0.373 e. The first-order chi connectivity index (χ1) is 9.95. The number of hydrogen-bond acceptors (Lipinski definition) is 7. The average molecular weight is 330 g/mol. The molecule has 1 aliphatic heterocycles. The topological polar surface area (TPSA) is 75.2 Å². The molecule has 1 fully saturated rings. The van der Waals surface area contributed by atoms with Crippen molar-refractivity contribution in [2.75, 3.05) is 41.6 Å². The normalized spacial score (nSPS) is 19.6. The molecular formula is C13H22N4O2S2. The molecule has 2 rings (SSSR count). The van der Waals surface area contributed by atoms with Crippen molar-refractivity contribution in [3.8, 4) is 0 Å². The first kappa shape index (κ1) is 16.4. The van der Waals surface area contributed by atoms with Crippen LogP contribution < -0.4 is 10.2 Å². The van der Waals surface area contributed by atoms with Gasteiger partial charge in [-0.3, -0.25) is 0 Å². The molecule has 8 heteroatoms. The predicted octanol–water partition coefficient (Wildman–Crippen LogP) is 1.39. The number of anilines is 2. The Bertz CT molecular complexity index is 592. The summed E-state index contributed by atoms with van der Waals surface area (Å²) in [5, 5.41) is 2.52. The van der Waals surface area contributed by atoms with Gasteiger partial charge in [0.05, 0.1) is 0 Å².